The zero-order chi connectivity index (χ0) is 15.4. The number of benzene rings is 1. The molecule has 0 bridgehead atoms. The summed E-state index contributed by atoms with van der Waals surface area (Å²) in [5.74, 6) is -0.645. The van der Waals surface area contributed by atoms with Gasteiger partial charge in [-0.15, -0.1) is 11.6 Å². The molecule has 1 unspecified atom stereocenters. The molecule has 1 aliphatic heterocycles. The van der Waals surface area contributed by atoms with Crippen molar-refractivity contribution < 1.29 is 14.0 Å². The molecule has 1 atom stereocenters. The Labute approximate surface area is 128 Å². The van der Waals surface area contributed by atoms with Crippen LogP contribution in [0.4, 0.5) is 4.39 Å². The normalized spacial score (nSPS) is 17.4. The molecular formula is C15H18ClFN2O2. The summed E-state index contributed by atoms with van der Waals surface area (Å²) in [4.78, 5) is 25.5. The van der Waals surface area contributed by atoms with E-state index in [1.165, 1.54) is 24.3 Å². The van der Waals surface area contributed by atoms with Crippen LogP contribution in [-0.2, 0) is 4.79 Å². The number of likely N-dealkylation sites (tertiary alicyclic amines) is 1. The summed E-state index contributed by atoms with van der Waals surface area (Å²) in [5, 5.41) is 2.31. The molecule has 0 aromatic heterocycles. The van der Waals surface area contributed by atoms with Gasteiger partial charge in [-0.2, -0.15) is 0 Å². The van der Waals surface area contributed by atoms with Crippen LogP contribution < -0.4 is 5.32 Å². The summed E-state index contributed by atoms with van der Waals surface area (Å²) >= 11 is 5.71. The lowest BCUT2D eigenvalue weighted by Crippen LogP contribution is -2.47. The number of nitrogens with one attached hydrogen (secondary N) is 1. The van der Waals surface area contributed by atoms with Crippen molar-refractivity contribution in [2.75, 3.05) is 13.1 Å². The fourth-order valence-corrected chi connectivity index (χ4v) is 2.38. The molecule has 1 aromatic rings. The van der Waals surface area contributed by atoms with E-state index < -0.39 is 5.38 Å². The van der Waals surface area contributed by atoms with Crippen LogP contribution in [0.1, 0.15) is 30.1 Å². The highest BCUT2D eigenvalue weighted by Crippen LogP contribution is 2.15. The molecule has 0 spiro atoms. The Kier molecular flexibility index (Phi) is 5.17. The molecule has 1 aliphatic rings. The summed E-state index contributed by atoms with van der Waals surface area (Å²) < 4.78 is 12.9. The van der Waals surface area contributed by atoms with Gasteiger partial charge in [0, 0.05) is 24.7 Å². The number of alkyl halides is 1. The number of rotatable bonds is 3. The van der Waals surface area contributed by atoms with Crippen LogP contribution in [-0.4, -0.2) is 41.2 Å². The fourth-order valence-electron chi connectivity index (χ4n) is 2.32. The number of carbonyl (C=O) groups excluding carboxylic acids is 2. The van der Waals surface area contributed by atoms with Crippen molar-refractivity contribution in [3.05, 3.63) is 35.6 Å². The van der Waals surface area contributed by atoms with Crippen LogP contribution in [0, 0.1) is 5.82 Å². The van der Waals surface area contributed by atoms with Crippen molar-refractivity contribution in [3.63, 3.8) is 0 Å². The van der Waals surface area contributed by atoms with E-state index >= 15 is 0 Å². The third-order valence-corrected chi connectivity index (χ3v) is 3.78. The molecule has 2 rings (SSSR count). The monoisotopic (exact) mass is 312 g/mol. The fraction of sp³-hybridized carbons (Fsp3) is 0.467. The first-order valence-corrected chi connectivity index (χ1v) is 7.40. The first-order chi connectivity index (χ1) is 9.97. The SMILES string of the molecule is CC(Cl)C(=O)NC1CCN(C(=O)c2ccc(F)cc2)CC1. The van der Waals surface area contributed by atoms with Crippen molar-refractivity contribution in [3.8, 4) is 0 Å². The molecule has 4 nitrogen and oxygen atoms in total. The van der Waals surface area contributed by atoms with Gasteiger partial charge in [-0.05, 0) is 44.0 Å². The third kappa shape index (κ3) is 4.17. The average molecular weight is 313 g/mol. The molecule has 6 heteroatoms. The number of piperidine rings is 1. The lowest BCUT2D eigenvalue weighted by atomic mass is 10.0. The molecule has 1 heterocycles. The number of amides is 2. The van der Waals surface area contributed by atoms with Gasteiger partial charge >= 0.3 is 0 Å². The van der Waals surface area contributed by atoms with Gasteiger partial charge in [-0.25, -0.2) is 4.39 Å². The van der Waals surface area contributed by atoms with E-state index in [0.29, 0.717) is 31.5 Å². The van der Waals surface area contributed by atoms with Gasteiger partial charge in [0.25, 0.3) is 5.91 Å². The third-order valence-electron chi connectivity index (χ3n) is 3.58. The second kappa shape index (κ2) is 6.89. The first kappa shape index (κ1) is 15.8. The molecule has 0 saturated carbocycles. The molecule has 1 N–H and O–H groups in total. The van der Waals surface area contributed by atoms with Crippen molar-refractivity contribution in [1.29, 1.82) is 0 Å². The predicted molar refractivity (Wildman–Crippen MR) is 78.8 cm³/mol. The maximum absolute atomic E-state index is 12.9. The van der Waals surface area contributed by atoms with Crippen LogP contribution in [0.15, 0.2) is 24.3 Å². The largest absolute Gasteiger partial charge is 0.352 e. The summed E-state index contributed by atoms with van der Waals surface area (Å²) in [7, 11) is 0. The van der Waals surface area contributed by atoms with Crippen LogP contribution in [0.2, 0.25) is 0 Å². The van der Waals surface area contributed by atoms with Crippen LogP contribution in [0.5, 0.6) is 0 Å². The summed E-state index contributed by atoms with van der Waals surface area (Å²) in [6.07, 6.45) is 1.39. The summed E-state index contributed by atoms with van der Waals surface area (Å²) in [5.41, 5.74) is 0.480. The molecule has 114 valence electrons. The average Bonchev–Trinajstić information content (AvgIpc) is 2.48. The van der Waals surface area contributed by atoms with Crippen LogP contribution in [0.3, 0.4) is 0 Å². The van der Waals surface area contributed by atoms with Gasteiger partial charge in [0.15, 0.2) is 0 Å². The molecule has 1 fully saturated rings. The zero-order valence-corrected chi connectivity index (χ0v) is 12.6. The van der Waals surface area contributed by atoms with Gasteiger partial charge in [0.1, 0.15) is 11.2 Å². The molecular weight excluding hydrogens is 295 g/mol. The summed E-state index contributed by atoms with van der Waals surface area (Å²) in [6, 6.07) is 5.59. The Morgan fingerprint density at radius 1 is 1.29 bits per heavy atom. The van der Waals surface area contributed by atoms with Gasteiger partial charge < -0.3 is 10.2 Å². The molecule has 21 heavy (non-hydrogen) atoms. The Bertz CT molecular complexity index is 511. The van der Waals surface area contributed by atoms with Crippen molar-refractivity contribution in [2.45, 2.75) is 31.2 Å². The molecule has 0 aliphatic carbocycles. The molecule has 0 radical (unpaired) electrons. The topological polar surface area (TPSA) is 49.4 Å². The van der Waals surface area contributed by atoms with E-state index in [1.807, 2.05) is 0 Å². The zero-order valence-electron chi connectivity index (χ0n) is 11.8. The Hall–Kier alpha value is -1.62. The number of halogens is 2. The van der Waals surface area contributed by atoms with Crippen molar-refractivity contribution in [2.24, 2.45) is 0 Å². The number of hydrogen-bond donors (Lipinski definition) is 1. The lowest BCUT2D eigenvalue weighted by Gasteiger charge is -2.32. The molecule has 1 aromatic carbocycles. The highest BCUT2D eigenvalue weighted by molar-refractivity contribution is 6.30. The lowest BCUT2D eigenvalue weighted by molar-refractivity contribution is -0.121. The van der Waals surface area contributed by atoms with E-state index in [0.717, 1.165) is 0 Å². The second-order valence-corrected chi connectivity index (χ2v) is 5.85. The predicted octanol–water partition coefficient (Wildman–Crippen LogP) is 2.17. The van der Waals surface area contributed by atoms with E-state index in [2.05, 4.69) is 5.32 Å². The van der Waals surface area contributed by atoms with Gasteiger partial charge in [0.2, 0.25) is 5.91 Å². The second-order valence-electron chi connectivity index (χ2n) is 5.20. The van der Waals surface area contributed by atoms with Crippen molar-refractivity contribution in [1.82, 2.24) is 10.2 Å². The maximum Gasteiger partial charge on any atom is 0.253 e. The highest BCUT2D eigenvalue weighted by atomic mass is 35.5. The minimum atomic E-state index is -0.552. The number of nitrogens with zero attached hydrogens (tertiary/aromatic N) is 1. The number of hydrogen-bond acceptors (Lipinski definition) is 2. The van der Waals surface area contributed by atoms with E-state index in [1.54, 1.807) is 11.8 Å². The quantitative estimate of drug-likeness (QED) is 0.870. The minimum Gasteiger partial charge on any atom is -0.352 e. The Morgan fingerprint density at radius 2 is 1.86 bits per heavy atom. The maximum atomic E-state index is 12.9. The van der Waals surface area contributed by atoms with Crippen LogP contribution in [0.25, 0.3) is 0 Å². The van der Waals surface area contributed by atoms with E-state index in [9.17, 15) is 14.0 Å². The number of carbonyl (C=O) groups is 2. The molecule has 2 amide bonds. The van der Waals surface area contributed by atoms with Gasteiger partial charge in [-0.3, -0.25) is 9.59 Å². The van der Waals surface area contributed by atoms with Gasteiger partial charge in [0.05, 0.1) is 0 Å². The standard InChI is InChI=1S/C15H18ClFN2O2/c1-10(16)14(20)18-13-6-8-19(9-7-13)15(21)11-2-4-12(17)5-3-11/h2-5,10,13H,6-9H2,1H3,(H,18,20). The van der Waals surface area contributed by atoms with E-state index in [4.69, 9.17) is 11.6 Å². The summed E-state index contributed by atoms with van der Waals surface area (Å²) in [6.45, 7) is 2.76. The van der Waals surface area contributed by atoms with Gasteiger partial charge in [-0.1, -0.05) is 0 Å². The van der Waals surface area contributed by atoms with Crippen LogP contribution >= 0.6 is 11.6 Å². The smallest absolute Gasteiger partial charge is 0.253 e. The Balaban J connectivity index is 1.87. The minimum absolute atomic E-state index is 0.0518. The Morgan fingerprint density at radius 3 is 2.38 bits per heavy atom. The highest BCUT2D eigenvalue weighted by Gasteiger charge is 2.25. The van der Waals surface area contributed by atoms with E-state index in [-0.39, 0.29) is 23.7 Å². The molecule has 1 saturated heterocycles. The first-order valence-electron chi connectivity index (χ1n) is 6.96. The van der Waals surface area contributed by atoms with Crippen molar-refractivity contribution >= 4 is 23.4 Å².